The minimum absolute atomic E-state index is 0.446. The molecule has 1 aromatic rings. The molecule has 0 fully saturated rings. The zero-order chi connectivity index (χ0) is 7.84. The Morgan fingerprint density at radius 2 is 2.45 bits per heavy atom. The van der Waals surface area contributed by atoms with E-state index in [9.17, 15) is 0 Å². The molecule has 1 N–H and O–H groups in total. The lowest BCUT2D eigenvalue weighted by Crippen LogP contribution is -2.15. The van der Waals surface area contributed by atoms with Crippen molar-refractivity contribution >= 4 is 5.71 Å². The van der Waals surface area contributed by atoms with Gasteiger partial charge in [-0.15, -0.1) is 0 Å². The van der Waals surface area contributed by atoms with Crippen LogP contribution in [0.1, 0.15) is 25.1 Å². The second-order valence-corrected chi connectivity index (χ2v) is 3.14. The maximum atomic E-state index is 4.49. The van der Waals surface area contributed by atoms with Gasteiger partial charge in [-0.25, -0.2) is 0 Å². The summed E-state index contributed by atoms with van der Waals surface area (Å²) in [5, 5.41) is 0. The molecule has 1 aliphatic heterocycles. The maximum Gasteiger partial charge on any atom is 0.0529 e. The maximum absolute atomic E-state index is 4.49. The Hall–Kier alpha value is -1.05. The van der Waals surface area contributed by atoms with Crippen LogP contribution in [0.2, 0.25) is 0 Å². The highest BCUT2D eigenvalue weighted by Crippen LogP contribution is 2.17. The molecule has 1 atom stereocenters. The van der Waals surface area contributed by atoms with Gasteiger partial charge in [-0.1, -0.05) is 0 Å². The Kier molecular flexibility index (Phi) is 1.34. The van der Waals surface area contributed by atoms with Crippen molar-refractivity contribution in [3.05, 3.63) is 23.5 Å². The van der Waals surface area contributed by atoms with E-state index in [1.165, 1.54) is 17.0 Å². The van der Waals surface area contributed by atoms with Crippen LogP contribution in [0.5, 0.6) is 0 Å². The zero-order valence-electron chi connectivity index (χ0n) is 6.89. The number of aromatic nitrogens is 1. The first-order valence-corrected chi connectivity index (χ1v) is 3.98. The molecule has 0 saturated heterocycles. The van der Waals surface area contributed by atoms with Gasteiger partial charge in [0.25, 0.3) is 0 Å². The molecular weight excluding hydrogens is 136 g/mol. The molecule has 0 unspecified atom stereocenters. The van der Waals surface area contributed by atoms with E-state index >= 15 is 0 Å². The summed E-state index contributed by atoms with van der Waals surface area (Å²) in [6, 6.07) is 2.54. The van der Waals surface area contributed by atoms with Crippen LogP contribution in [0.15, 0.2) is 17.3 Å². The molecule has 2 rings (SSSR count). The quantitative estimate of drug-likeness (QED) is 0.581. The molecule has 0 saturated carbocycles. The van der Waals surface area contributed by atoms with E-state index in [2.05, 4.69) is 29.9 Å². The molecule has 2 heterocycles. The smallest absolute Gasteiger partial charge is 0.0529 e. The predicted molar refractivity (Wildman–Crippen MR) is 46.2 cm³/mol. The largest absolute Gasteiger partial charge is 0.364 e. The Bertz CT molecular complexity index is 296. The monoisotopic (exact) mass is 148 g/mol. The molecule has 1 aromatic heterocycles. The lowest BCUT2D eigenvalue weighted by atomic mass is 10.0. The van der Waals surface area contributed by atoms with Gasteiger partial charge in [0, 0.05) is 29.6 Å². The Labute approximate surface area is 66.4 Å². The van der Waals surface area contributed by atoms with Gasteiger partial charge in [0.2, 0.25) is 0 Å². The third-order valence-electron chi connectivity index (χ3n) is 2.14. The Morgan fingerprint density at radius 3 is 3.27 bits per heavy atom. The Balaban J connectivity index is 2.50. The summed E-state index contributed by atoms with van der Waals surface area (Å²) >= 11 is 0. The highest BCUT2D eigenvalue weighted by molar-refractivity contribution is 6.00. The normalized spacial score (nSPS) is 22.7. The number of nitrogens with zero attached hydrogens (tertiary/aromatic N) is 1. The van der Waals surface area contributed by atoms with E-state index < -0.39 is 0 Å². The summed E-state index contributed by atoms with van der Waals surface area (Å²) in [4.78, 5) is 7.73. The molecule has 0 radical (unpaired) electrons. The summed E-state index contributed by atoms with van der Waals surface area (Å²) < 4.78 is 0. The Morgan fingerprint density at radius 1 is 1.64 bits per heavy atom. The topological polar surface area (TPSA) is 28.1 Å². The summed E-state index contributed by atoms with van der Waals surface area (Å²) in [5.41, 5.74) is 3.80. The van der Waals surface area contributed by atoms with E-state index in [1.54, 1.807) is 0 Å². The highest BCUT2D eigenvalue weighted by Gasteiger charge is 2.15. The predicted octanol–water partition coefficient (Wildman–Crippen LogP) is 1.77. The van der Waals surface area contributed by atoms with Gasteiger partial charge in [0.1, 0.15) is 0 Å². The molecule has 1 aliphatic rings. The molecule has 0 spiro atoms. The van der Waals surface area contributed by atoms with Crippen LogP contribution in [0.25, 0.3) is 0 Å². The first-order valence-electron chi connectivity index (χ1n) is 3.98. The third kappa shape index (κ3) is 0.985. The average Bonchev–Trinajstić information content (AvgIpc) is 2.34. The molecule has 0 aliphatic carbocycles. The number of aliphatic imine (C=N–C) groups is 1. The van der Waals surface area contributed by atoms with Crippen molar-refractivity contribution in [2.24, 2.45) is 4.99 Å². The summed E-state index contributed by atoms with van der Waals surface area (Å²) in [7, 11) is 0. The summed E-state index contributed by atoms with van der Waals surface area (Å²) in [6.45, 7) is 4.22. The molecule has 0 amide bonds. The van der Waals surface area contributed by atoms with Crippen LogP contribution in [0.3, 0.4) is 0 Å². The van der Waals surface area contributed by atoms with Crippen LogP contribution in [-0.2, 0) is 6.42 Å². The van der Waals surface area contributed by atoms with Crippen LogP contribution in [0, 0.1) is 0 Å². The SMILES string of the molecule is CC1=N[C@H](C)Cc2[nH]ccc21. The van der Waals surface area contributed by atoms with Crippen molar-refractivity contribution in [2.45, 2.75) is 26.3 Å². The summed E-state index contributed by atoms with van der Waals surface area (Å²) in [5.74, 6) is 0. The molecule has 2 nitrogen and oxygen atoms in total. The van der Waals surface area contributed by atoms with E-state index in [-0.39, 0.29) is 0 Å². The molecule has 0 aromatic carbocycles. The van der Waals surface area contributed by atoms with E-state index in [0.717, 1.165) is 6.42 Å². The molecule has 2 heteroatoms. The van der Waals surface area contributed by atoms with E-state index in [1.807, 2.05) is 6.20 Å². The van der Waals surface area contributed by atoms with Crippen molar-refractivity contribution in [3.63, 3.8) is 0 Å². The van der Waals surface area contributed by atoms with Gasteiger partial charge < -0.3 is 4.98 Å². The minimum atomic E-state index is 0.446. The lowest BCUT2D eigenvalue weighted by Gasteiger charge is -2.14. The van der Waals surface area contributed by atoms with Gasteiger partial charge in [0.15, 0.2) is 0 Å². The molecule has 0 bridgehead atoms. The molecular formula is C9H12N2. The second-order valence-electron chi connectivity index (χ2n) is 3.14. The number of rotatable bonds is 0. The van der Waals surface area contributed by atoms with Crippen LogP contribution in [-0.4, -0.2) is 16.7 Å². The number of hydrogen-bond acceptors (Lipinski definition) is 1. The first-order chi connectivity index (χ1) is 5.27. The molecule has 11 heavy (non-hydrogen) atoms. The zero-order valence-corrected chi connectivity index (χ0v) is 6.89. The summed E-state index contributed by atoms with van der Waals surface area (Å²) in [6.07, 6.45) is 3.04. The second kappa shape index (κ2) is 2.22. The van der Waals surface area contributed by atoms with Crippen LogP contribution in [0.4, 0.5) is 0 Å². The standard InChI is InChI=1S/C9H12N2/c1-6-5-9-8(3-4-10-9)7(2)11-6/h3-4,6,10H,5H2,1-2H3/t6-/m1/s1. The van der Waals surface area contributed by atoms with E-state index in [0.29, 0.717) is 6.04 Å². The third-order valence-corrected chi connectivity index (χ3v) is 2.14. The molecule has 58 valence electrons. The number of nitrogens with one attached hydrogen (secondary N) is 1. The lowest BCUT2D eigenvalue weighted by molar-refractivity contribution is 0.714. The van der Waals surface area contributed by atoms with Crippen molar-refractivity contribution in [1.29, 1.82) is 0 Å². The van der Waals surface area contributed by atoms with Crippen molar-refractivity contribution < 1.29 is 0 Å². The fourth-order valence-electron chi connectivity index (χ4n) is 1.65. The van der Waals surface area contributed by atoms with Gasteiger partial charge in [-0.05, 0) is 19.9 Å². The van der Waals surface area contributed by atoms with Crippen molar-refractivity contribution in [1.82, 2.24) is 4.98 Å². The van der Waals surface area contributed by atoms with Crippen molar-refractivity contribution in [2.75, 3.05) is 0 Å². The van der Waals surface area contributed by atoms with Gasteiger partial charge in [0.05, 0.1) is 6.04 Å². The van der Waals surface area contributed by atoms with Gasteiger partial charge in [-0.3, -0.25) is 4.99 Å². The number of aromatic amines is 1. The van der Waals surface area contributed by atoms with Crippen LogP contribution >= 0.6 is 0 Å². The number of H-pyrrole nitrogens is 1. The average molecular weight is 148 g/mol. The number of hydrogen-bond donors (Lipinski definition) is 1. The van der Waals surface area contributed by atoms with E-state index in [4.69, 9.17) is 0 Å². The van der Waals surface area contributed by atoms with Gasteiger partial charge >= 0.3 is 0 Å². The first kappa shape index (κ1) is 6.65. The van der Waals surface area contributed by atoms with Crippen molar-refractivity contribution in [3.8, 4) is 0 Å². The minimum Gasteiger partial charge on any atom is -0.364 e. The fourth-order valence-corrected chi connectivity index (χ4v) is 1.65. The van der Waals surface area contributed by atoms with Crippen LogP contribution < -0.4 is 0 Å². The highest BCUT2D eigenvalue weighted by atomic mass is 14.8. The van der Waals surface area contributed by atoms with Gasteiger partial charge in [-0.2, -0.15) is 0 Å². The number of fused-ring (bicyclic) bond motifs is 1. The fraction of sp³-hybridized carbons (Fsp3) is 0.444.